The second-order valence-electron chi connectivity index (χ2n) is 5.22. The lowest BCUT2D eigenvalue weighted by Crippen LogP contribution is -2.42. The Bertz CT molecular complexity index is 423. The van der Waals surface area contributed by atoms with E-state index in [2.05, 4.69) is 5.32 Å². The van der Waals surface area contributed by atoms with Crippen LogP contribution in [0, 0.1) is 17.8 Å². The van der Waals surface area contributed by atoms with Crippen LogP contribution in [0.2, 0.25) is 0 Å². The van der Waals surface area contributed by atoms with Gasteiger partial charge in [0.2, 0.25) is 17.7 Å². The first-order valence-corrected chi connectivity index (χ1v) is 6.24. The highest BCUT2D eigenvalue weighted by Gasteiger charge is 2.51. The van der Waals surface area contributed by atoms with Gasteiger partial charge in [0.05, 0.1) is 11.8 Å². The number of imide groups is 1. The summed E-state index contributed by atoms with van der Waals surface area (Å²) in [6.07, 6.45) is 1.37. The number of amides is 3. The SMILES string of the molecule is CC1CC2C(=O)N(CC(=O)NCC(=O)O)C(=O)C2C1. The van der Waals surface area contributed by atoms with Crippen molar-refractivity contribution in [3.8, 4) is 0 Å². The summed E-state index contributed by atoms with van der Waals surface area (Å²) in [5.41, 5.74) is 0. The van der Waals surface area contributed by atoms with Gasteiger partial charge in [0.15, 0.2) is 0 Å². The maximum Gasteiger partial charge on any atom is 0.322 e. The molecule has 0 aromatic heterocycles. The number of nitrogens with one attached hydrogen (secondary N) is 1. The Morgan fingerprint density at radius 3 is 2.26 bits per heavy atom. The molecule has 2 N–H and O–H groups in total. The minimum atomic E-state index is -1.17. The molecule has 19 heavy (non-hydrogen) atoms. The Morgan fingerprint density at radius 2 is 1.79 bits per heavy atom. The molecule has 1 saturated heterocycles. The molecule has 7 heteroatoms. The number of carboxylic acid groups (broad SMARTS) is 1. The molecule has 2 unspecified atom stereocenters. The summed E-state index contributed by atoms with van der Waals surface area (Å²) in [6.45, 7) is 1.11. The largest absolute Gasteiger partial charge is 0.480 e. The highest BCUT2D eigenvalue weighted by Crippen LogP contribution is 2.42. The maximum atomic E-state index is 12.0. The van der Waals surface area contributed by atoms with E-state index < -0.39 is 18.4 Å². The third kappa shape index (κ3) is 2.59. The fraction of sp³-hybridized carbons (Fsp3) is 0.667. The van der Waals surface area contributed by atoms with Crippen molar-refractivity contribution in [3.63, 3.8) is 0 Å². The number of hydrogen-bond acceptors (Lipinski definition) is 4. The van der Waals surface area contributed by atoms with E-state index in [-0.39, 0.29) is 30.2 Å². The van der Waals surface area contributed by atoms with Crippen molar-refractivity contribution in [2.45, 2.75) is 19.8 Å². The zero-order chi connectivity index (χ0) is 14.2. The lowest BCUT2D eigenvalue weighted by atomic mass is 10.00. The molecule has 2 fully saturated rings. The van der Waals surface area contributed by atoms with E-state index >= 15 is 0 Å². The van der Waals surface area contributed by atoms with E-state index in [9.17, 15) is 19.2 Å². The van der Waals surface area contributed by atoms with Gasteiger partial charge in [0.25, 0.3) is 0 Å². The minimum absolute atomic E-state index is 0.297. The highest BCUT2D eigenvalue weighted by atomic mass is 16.4. The lowest BCUT2D eigenvalue weighted by molar-refractivity contribution is -0.144. The number of carbonyl (C=O) groups is 4. The van der Waals surface area contributed by atoms with Gasteiger partial charge < -0.3 is 10.4 Å². The number of fused-ring (bicyclic) bond motifs is 1. The molecule has 104 valence electrons. The van der Waals surface area contributed by atoms with Crippen molar-refractivity contribution in [2.24, 2.45) is 17.8 Å². The number of aliphatic carboxylic acids is 1. The Balaban J connectivity index is 1.95. The van der Waals surface area contributed by atoms with Gasteiger partial charge in [-0.3, -0.25) is 24.1 Å². The molecule has 1 aliphatic heterocycles. The third-order valence-corrected chi connectivity index (χ3v) is 3.70. The molecule has 2 aliphatic rings. The maximum absolute atomic E-state index is 12.0. The molecule has 0 bridgehead atoms. The molecular formula is C12H16N2O5. The quantitative estimate of drug-likeness (QED) is 0.651. The van der Waals surface area contributed by atoms with Gasteiger partial charge in [-0.1, -0.05) is 6.92 Å². The average molecular weight is 268 g/mol. The summed E-state index contributed by atoms with van der Waals surface area (Å²) >= 11 is 0. The first-order valence-electron chi connectivity index (χ1n) is 6.24. The summed E-state index contributed by atoms with van der Waals surface area (Å²) < 4.78 is 0. The zero-order valence-electron chi connectivity index (χ0n) is 10.6. The summed E-state index contributed by atoms with van der Waals surface area (Å²) in [5.74, 6) is -2.64. The predicted molar refractivity (Wildman–Crippen MR) is 62.7 cm³/mol. The van der Waals surface area contributed by atoms with Crippen LogP contribution in [0.5, 0.6) is 0 Å². The topological polar surface area (TPSA) is 104 Å². The smallest absolute Gasteiger partial charge is 0.322 e. The number of rotatable bonds is 4. The number of carboxylic acids is 1. The van der Waals surface area contributed by atoms with Gasteiger partial charge in [-0.05, 0) is 18.8 Å². The summed E-state index contributed by atoms with van der Waals surface area (Å²) in [7, 11) is 0. The molecule has 1 heterocycles. The molecule has 3 amide bonds. The van der Waals surface area contributed by atoms with Gasteiger partial charge in [-0.15, -0.1) is 0 Å². The zero-order valence-corrected chi connectivity index (χ0v) is 10.6. The molecule has 1 saturated carbocycles. The van der Waals surface area contributed by atoms with Crippen LogP contribution < -0.4 is 5.32 Å². The second kappa shape index (κ2) is 4.99. The average Bonchev–Trinajstić information content (AvgIpc) is 2.81. The van der Waals surface area contributed by atoms with Crippen molar-refractivity contribution >= 4 is 23.7 Å². The van der Waals surface area contributed by atoms with Gasteiger partial charge in [0, 0.05) is 0 Å². The number of carbonyl (C=O) groups excluding carboxylic acids is 3. The van der Waals surface area contributed by atoms with Crippen LogP contribution in [0.3, 0.4) is 0 Å². The minimum Gasteiger partial charge on any atom is -0.480 e. The fourth-order valence-electron chi connectivity index (χ4n) is 2.88. The van der Waals surface area contributed by atoms with Crippen LogP contribution in [0.1, 0.15) is 19.8 Å². The Morgan fingerprint density at radius 1 is 1.26 bits per heavy atom. The van der Waals surface area contributed by atoms with Crippen molar-refractivity contribution < 1.29 is 24.3 Å². The molecule has 2 rings (SSSR count). The van der Waals surface area contributed by atoms with Crippen molar-refractivity contribution in [1.82, 2.24) is 10.2 Å². The lowest BCUT2D eigenvalue weighted by Gasteiger charge is -2.16. The number of hydrogen-bond donors (Lipinski definition) is 2. The molecule has 0 spiro atoms. The standard InChI is InChI=1S/C12H16N2O5/c1-6-2-7-8(3-6)12(19)14(11(7)18)5-9(15)13-4-10(16)17/h6-8H,2-5H2,1H3,(H,13,15)(H,16,17). The van der Waals surface area contributed by atoms with Crippen molar-refractivity contribution in [3.05, 3.63) is 0 Å². The normalized spacial score (nSPS) is 29.5. The van der Waals surface area contributed by atoms with Crippen molar-refractivity contribution in [1.29, 1.82) is 0 Å². The van der Waals surface area contributed by atoms with Crippen LogP contribution in [0.4, 0.5) is 0 Å². The van der Waals surface area contributed by atoms with E-state index in [4.69, 9.17) is 5.11 Å². The van der Waals surface area contributed by atoms with E-state index in [1.54, 1.807) is 0 Å². The summed E-state index contributed by atoms with van der Waals surface area (Å²) in [4.78, 5) is 46.8. The summed E-state index contributed by atoms with van der Waals surface area (Å²) in [5, 5.41) is 10.6. The van der Waals surface area contributed by atoms with Crippen LogP contribution >= 0.6 is 0 Å². The van der Waals surface area contributed by atoms with Crippen LogP contribution in [-0.4, -0.2) is 46.8 Å². The first-order chi connectivity index (χ1) is 8.90. The third-order valence-electron chi connectivity index (χ3n) is 3.70. The van der Waals surface area contributed by atoms with E-state index in [1.165, 1.54) is 0 Å². The van der Waals surface area contributed by atoms with Gasteiger partial charge in [-0.2, -0.15) is 0 Å². The van der Waals surface area contributed by atoms with Gasteiger partial charge in [0.1, 0.15) is 13.1 Å². The molecule has 2 atom stereocenters. The van der Waals surface area contributed by atoms with E-state index in [0.717, 1.165) is 4.90 Å². The molecular weight excluding hydrogens is 252 g/mol. The number of likely N-dealkylation sites (tertiary alicyclic amines) is 1. The van der Waals surface area contributed by atoms with Crippen LogP contribution in [0.15, 0.2) is 0 Å². The van der Waals surface area contributed by atoms with E-state index in [1.807, 2.05) is 6.92 Å². The molecule has 0 aromatic carbocycles. The first kappa shape index (κ1) is 13.5. The molecule has 0 radical (unpaired) electrons. The van der Waals surface area contributed by atoms with Crippen molar-refractivity contribution in [2.75, 3.05) is 13.1 Å². The Hall–Kier alpha value is -1.92. The van der Waals surface area contributed by atoms with Crippen LogP contribution in [0.25, 0.3) is 0 Å². The Labute approximate surface area is 109 Å². The molecule has 1 aliphatic carbocycles. The molecule has 0 aromatic rings. The molecule has 7 nitrogen and oxygen atoms in total. The fourth-order valence-corrected chi connectivity index (χ4v) is 2.88. The second-order valence-corrected chi connectivity index (χ2v) is 5.22. The Kier molecular flexibility index (Phi) is 3.55. The summed E-state index contributed by atoms with van der Waals surface area (Å²) in [6, 6.07) is 0. The predicted octanol–water partition coefficient (Wildman–Crippen LogP) is -0.782. The van der Waals surface area contributed by atoms with Gasteiger partial charge in [-0.25, -0.2) is 0 Å². The van der Waals surface area contributed by atoms with Gasteiger partial charge >= 0.3 is 5.97 Å². The highest BCUT2D eigenvalue weighted by molar-refractivity contribution is 6.07. The number of nitrogens with zero attached hydrogens (tertiary/aromatic N) is 1. The monoisotopic (exact) mass is 268 g/mol. The van der Waals surface area contributed by atoms with E-state index in [0.29, 0.717) is 18.8 Å². The van der Waals surface area contributed by atoms with Crippen LogP contribution in [-0.2, 0) is 19.2 Å².